The number of nitrogens with zero attached hydrogens (tertiary/aromatic N) is 4. The third kappa shape index (κ3) is 2.34. The summed E-state index contributed by atoms with van der Waals surface area (Å²) < 4.78 is 2.02. The first kappa shape index (κ1) is 12.6. The molecule has 1 N–H and O–H groups in total. The molecule has 3 heterocycles. The van der Waals surface area contributed by atoms with Gasteiger partial charge in [-0.2, -0.15) is 0 Å². The molecule has 0 radical (unpaired) electrons. The molecule has 3 rings (SSSR count). The lowest BCUT2D eigenvalue weighted by atomic mass is 10.1. The highest BCUT2D eigenvalue weighted by Gasteiger charge is 2.18. The van der Waals surface area contributed by atoms with E-state index in [0.717, 1.165) is 22.7 Å². The van der Waals surface area contributed by atoms with Crippen LogP contribution in [0, 0.1) is 0 Å². The Morgan fingerprint density at radius 3 is 2.50 bits per heavy atom. The van der Waals surface area contributed by atoms with Gasteiger partial charge in [-0.25, -0.2) is 4.98 Å². The zero-order valence-corrected chi connectivity index (χ0v) is 11.8. The highest BCUT2D eigenvalue weighted by molar-refractivity contribution is 5.76. The predicted molar refractivity (Wildman–Crippen MR) is 79.6 cm³/mol. The lowest BCUT2D eigenvalue weighted by Gasteiger charge is -2.22. The Hall–Kier alpha value is -2.43. The molecule has 0 saturated heterocycles. The van der Waals surface area contributed by atoms with Crippen LogP contribution < -0.4 is 5.32 Å². The maximum atomic E-state index is 4.68. The van der Waals surface area contributed by atoms with E-state index in [4.69, 9.17) is 0 Å². The number of rotatable bonds is 2. The standard InChI is InChI=1S/C15H17N5/c1-15(2,3)19-14-13(11-4-6-16-7-5-11)18-12-10-17-8-9-20(12)14/h4-10,19H,1-3H3. The highest BCUT2D eigenvalue weighted by atomic mass is 15.2. The molecule has 3 aromatic heterocycles. The molecule has 0 spiro atoms. The summed E-state index contributed by atoms with van der Waals surface area (Å²) in [6.07, 6.45) is 9.00. The minimum Gasteiger partial charge on any atom is -0.365 e. The van der Waals surface area contributed by atoms with E-state index in [1.54, 1.807) is 24.8 Å². The third-order valence-electron chi connectivity index (χ3n) is 2.88. The molecule has 0 fully saturated rings. The highest BCUT2D eigenvalue weighted by Crippen LogP contribution is 2.29. The van der Waals surface area contributed by atoms with Gasteiger partial charge in [0, 0.05) is 35.9 Å². The number of imidazole rings is 1. The molecule has 0 unspecified atom stereocenters. The van der Waals surface area contributed by atoms with Gasteiger partial charge in [-0.3, -0.25) is 14.4 Å². The summed E-state index contributed by atoms with van der Waals surface area (Å²) in [5, 5.41) is 3.52. The van der Waals surface area contributed by atoms with E-state index in [2.05, 4.69) is 41.0 Å². The Labute approximate surface area is 117 Å². The average molecular weight is 267 g/mol. The Morgan fingerprint density at radius 2 is 1.80 bits per heavy atom. The van der Waals surface area contributed by atoms with Crippen molar-refractivity contribution in [1.82, 2.24) is 19.4 Å². The molecule has 0 amide bonds. The molecular weight excluding hydrogens is 250 g/mol. The molecule has 20 heavy (non-hydrogen) atoms. The number of fused-ring (bicyclic) bond motifs is 1. The molecule has 5 nitrogen and oxygen atoms in total. The SMILES string of the molecule is CC(C)(C)Nc1c(-c2ccncc2)nc2cnccn12. The molecule has 102 valence electrons. The maximum absolute atomic E-state index is 4.68. The van der Waals surface area contributed by atoms with Crippen molar-refractivity contribution in [3.63, 3.8) is 0 Å². The van der Waals surface area contributed by atoms with Crippen LogP contribution in [-0.4, -0.2) is 24.9 Å². The van der Waals surface area contributed by atoms with Crippen LogP contribution in [-0.2, 0) is 0 Å². The van der Waals surface area contributed by atoms with E-state index in [-0.39, 0.29) is 5.54 Å². The zero-order chi connectivity index (χ0) is 14.2. The van der Waals surface area contributed by atoms with Gasteiger partial charge in [-0.15, -0.1) is 0 Å². The zero-order valence-electron chi connectivity index (χ0n) is 11.8. The molecule has 0 aliphatic carbocycles. The van der Waals surface area contributed by atoms with Crippen LogP contribution in [0.15, 0.2) is 43.1 Å². The normalized spacial score (nSPS) is 11.8. The quantitative estimate of drug-likeness (QED) is 0.775. The molecule has 0 saturated carbocycles. The van der Waals surface area contributed by atoms with Gasteiger partial charge in [-0.1, -0.05) is 0 Å². The molecule has 0 atom stereocenters. The fraction of sp³-hybridized carbons (Fsp3) is 0.267. The Morgan fingerprint density at radius 1 is 1.05 bits per heavy atom. The molecule has 0 bridgehead atoms. The van der Waals surface area contributed by atoms with Gasteiger partial charge in [0.1, 0.15) is 11.5 Å². The maximum Gasteiger partial charge on any atom is 0.157 e. The first-order chi connectivity index (χ1) is 9.54. The van der Waals surface area contributed by atoms with Gasteiger partial charge in [0.2, 0.25) is 0 Å². The lowest BCUT2D eigenvalue weighted by molar-refractivity contribution is 0.629. The average Bonchev–Trinajstić information content (AvgIpc) is 2.77. The second-order valence-corrected chi connectivity index (χ2v) is 5.72. The number of hydrogen-bond acceptors (Lipinski definition) is 4. The van der Waals surface area contributed by atoms with Crippen molar-refractivity contribution in [3.8, 4) is 11.3 Å². The first-order valence-electron chi connectivity index (χ1n) is 6.55. The number of nitrogens with one attached hydrogen (secondary N) is 1. The number of aromatic nitrogens is 4. The second-order valence-electron chi connectivity index (χ2n) is 5.72. The summed E-state index contributed by atoms with van der Waals surface area (Å²) in [5.41, 5.74) is 2.72. The molecule has 0 aromatic carbocycles. The van der Waals surface area contributed by atoms with Gasteiger partial charge in [0.15, 0.2) is 5.65 Å². The summed E-state index contributed by atoms with van der Waals surface area (Å²) in [4.78, 5) is 12.9. The third-order valence-corrected chi connectivity index (χ3v) is 2.88. The molecular formula is C15H17N5. The number of pyridine rings is 1. The minimum atomic E-state index is -0.0545. The van der Waals surface area contributed by atoms with Crippen LogP contribution in [0.1, 0.15) is 20.8 Å². The van der Waals surface area contributed by atoms with Gasteiger partial charge in [0.05, 0.1) is 6.20 Å². The van der Waals surface area contributed by atoms with Crippen molar-refractivity contribution in [1.29, 1.82) is 0 Å². The fourth-order valence-electron chi connectivity index (χ4n) is 2.09. The number of hydrogen-bond donors (Lipinski definition) is 1. The van der Waals surface area contributed by atoms with Crippen molar-refractivity contribution < 1.29 is 0 Å². The van der Waals surface area contributed by atoms with Gasteiger partial charge >= 0.3 is 0 Å². The van der Waals surface area contributed by atoms with Crippen LogP contribution in [0.2, 0.25) is 0 Å². The van der Waals surface area contributed by atoms with Crippen molar-refractivity contribution in [3.05, 3.63) is 43.1 Å². The van der Waals surface area contributed by atoms with E-state index in [1.807, 2.05) is 22.7 Å². The summed E-state index contributed by atoms with van der Waals surface area (Å²) in [6.45, 7) is 6.39. The smallest absolute Gasteiger partial charge is 0.157 e. The molecule has 3 aromatic rings. The largest absolute Gasteiger partial charge is 0.365 e. The second kappa shape index (κ2) is 4.59. The van der Waals surface area contributed by atoms with E-state index in [0.29, 0.717) is 0 Å². The summed E-state index contributed by atoms with van der Waals surface area (Å²) in [6, 6.07) is 3.92. The minimum absolute atomic E-state index is 0.0545. The van der Waals surface area contributed by atoms with Crippen molar-refractivity contribution >= 4 is 11.5 Å². The number of anilines is 1. The van der Waals surface area contributed by atoms with Crippen LogP contribution in [0.5, 0.6) is 0 Å². The van der Waals surface area contributed by atoms with E-state index < -0.39 is 0 Å². The predicted octanol–water partition coefficient (Wildman–Crippen LogP) is 3.00. The van der Waals surface area contributed by atoms with E-state index >= 15 is 0 Å². The molecule has 0 aliphatic heterocycles. The Bertz CT molecular complexity index is 725. The van der Waals surface area contributed by atoms with Gasteiger partial charge in [-0.05, 0) is 32.9 Å². The van der Waals surface area contributed by atoms with Gasteiger partial charge in [0.25, 0.3) is 0 Å². The van der Waals surface area contributed by atoms with E-state index in [1.165, 1.54) is 0 Å². The fourth-order valence-corrected chi connectivity index (χ4v) is 2.09. The topological polar surface area (TPSA) is 55.1 Å². The van der Waals surface area contributed by atoms with Crippen molar-refractivity contribution in [2.24, 2.45) is 0 Å². The summed E-state index contributed by atoms with van der Waals surface area (Å²) in [5.74, 6) is 0.973. The van der Waals surface area contributed by atoms with E-state index in [9.17, 15) is 0 Å². The Balaban J connectivity index is 2.23. The van der Waals surface area contributed by atoms with Gasteiger partial charge < -0.3 is 5.32 Å². The van der Waals surface area contributed by atoms with Crippen molar-refractivity contribution in [2.45, 2.75) is 26.3 Å². The van der Waals surface area contributed by atoms with Crippen LogP contribution >= 0.6 is 0 Å². The van der Waals surface area contributed by atoms with Crippen LogP contribution in [0.25, 0.3) is 16.9 Å². The van der Waals surface area contributed by atoms with Crippen LogP contribution in [0.3, 0.4) is 0 Å². The molecule has 5 heteroatoms. The molecule has 0 aliphatic rings. The van der Waals surface area contributed by atoms with Crippen LogP contribution in [0.4, 0.5) is 5.82 Å². The van der Waals surface area contributed by atoms with Crippen molar-refractivity contribution in [2.75, 3.05) is 5.32 Å². The monoisotopic (exact) mass is 267 g/mol. The lowest BCUT2D eigenvalue weighted by Crippen LogP contribution is -2.27. The summed E-state index contributed by atoms with van der Waals surface area (Å²) >= 11 is 0. The Kier molecular flexibility index (Phi) is 2.89. The summed E-state index contributed by atoms with van der Waals surface area (Å²) in [7, 11) is 0. The first-order valence-corrected chi connectivity index (χ1v) is 6.55.